The number of benzene rings is 3. The Balaban J connectivity index is 1.12. The molecule has 15 heteroatoms. The average molecular weight is 1020 g/mol. The lowest BCUT2D eigenvalue weighted by Gasteiger charge is -2.37. The molecule has 15 nitrogen and oxygen atoms in total. The van der Waals surface area contributed by atoms with Crippen LogP contribution in [0.15, 0.2) is 79.0 Å². The van der Waals surface area contributed by atoms with E-state index in [0.29, 0.717) is 50.3 Å². The summed E-state index contributed by atoms with van der Waals surface area (Å²) in [5.41, 5.74) is 12.1. The number of likely N-dealkylation sites (N-methyl/N-ethyl adjacent to an activating group) is 1. The van der Waals surface area contributed by atoms with Crippen LogP contribution < -0.4 is 10.7 Å². The van der Waals surface area contributed by atoms with Gasteiger partial charge in [0.25, 0.3) is 11.8 Å². The molecule has 400 valence electrons. The fourth-order valence-electron chi connectivity index (χ4n) is 12.1. The number of amides is 3. The maximum absolute atomic E-state index is 14.9. The number of nitrogens with zero attached hydrogens (tertiary/aromatic N) is 5. The van der Waals surface area contributed by atoms with Gasteiger partial charge in [0.15, 0.2) is 0 Å². The third-order valence-electron chi connectivity index (χ3n) is 16.2. The van der Waals surface area contributed by atoms with Crippen LogP contribution in [0.25, 0.3) is 33.3 Å². The second kappa shape index (κ2) is 22.6. The molecular weight excluding hydrogens is 947 g/mol. The molecule has 3 fully saturated rings. The summed E-state index contributed by atoms with van der Waals surface area (Å²) in [7, 11) is 5.51. The highest BCUT2D eigenvalue weighted by atomic mass is 16.5. The van der Waals surface area contributed by atoms with E-state index in [1.54, 1.807) is 26.3 Å². The zero-order valence-corrected chi connectivity index (χ0v) is 45.4. The molecule has 3 saturated heterocycles. The van der Waals surface area contributed by atoms with Crippen LogP contribution in [0.3, 0.4) is 0 Å². The second-order valence-electron chi connectivity index (χ2n) is 22.6. The van der Waals surface area contributed by atoms with E-state index in [2.05, 4.69) is 72.3 Å². The number of aryl methyl sites for hydroxylation is 1. The fourth-order valence-corrected chi connectivity index (χ4v) is 12.1. The van der Waals surface area contributed by atoms with E-state index >= 15 is 0 Å². The SMILES string of the molecule is CCn1c(-c2cc(C3CCN(C)CC3)cnc2[C@H](C)OC)c2c3cc(ccc31)-c1cc(O)cc(c1)C[C@H](NC(=O)[C@H](C(C)C)N(C)C(=O)[C@@H]1OCC[C@@H]1c1ccccc1)C(=O)N1CCC[C@H](N1)C(=O)OCC(C)(C)C2. The highest BCUT2D eigenvalue weighted by Gasteiger charge is 2.42. The first-order valence-electron chi connectivity index (χ1n) is 27.1. The molecule has 6 atom stereocenters. The van der Waals surface area contributed by atoms with Gasteiger partial charge in [0.2, 0.25) is 5.91 Å². The Hall–Kier alpha value is -6.13. The molecular formula is C60H77N7O8. The van der Waals surface area contributed by atoms with Gasteiger partial charge in [0.05, 0.1) is 24.1 Å². The maximum atomic E-state index is 14.9. The number of carbonyl (C=O) groups excluding carboxylic acids is 4. The number of piperidine rings is 1. The van der Waals surface area contributed by atoms with E-state index in [-0.39, 0.29) is 49.2 Å². The zero-order chi connectivity index (χ0) is 53.3. The molecule has 6 heterocycles. The number of ether oxygens (including phenoxy) is 3. The molecule has 3 aromatic carbocycles. The summed E-state index contributed by atoms with van der Waals surface area (Å²) in [4.78, 5) is 67.3. The summed E-state index contributed by atoms with van der Waals surface area (Å²) in [6.45, 7) is 15.7. The minimum atomic E-state index is -1.16. The lowest BCUT2D eigenvalue weighted by molar-refractivity contribution is -0.155. The quantitative estimate of drug-likeness (QED) is 0.109. The van der Waals surface area contributed by atoms with E-state index in [4.69, 9.17) is 19.2 Å². The van der Waals surface area contributed by atoms with Crippen LogP contribution in [0, 0.1) is 11.3 Å². The lowest BCUT2D eigenvalue weighted by atomic mass is 9.83. The molecule has 0 radical (unpaired) electrons. The second-order valence-corrected chi connectivity index (χ2v) is 22.6. The molecule has 2 aromatic heterocycles. The Labute approximate surface area is 442 Å². The number of fused-ring (bicyclic) bond motifs is 6. The van der Waals surface area contributed by atoms with Gasteiger partial charge >= 0.3 is 5.97 Å². The van der Waals surface area contributed by atoms with Gasteiger partial charge in [-0.2, -0.15) is 0 Å². The Bertz CT molecular complexity index is 2890. The molecule has 6 bridgehead atoms. The number of phenols is 1. The van der Waals surface area contributed by atoms with Crippen LogP contribution in [-0.2, 0) is 52.8 Å². The van der Waals surface area contributed by atoms with Gasteiger partial charge in [-0.1, -0.05) is 70.2 Å². The molecule has 0 aliphatic carbocycles. The Morgan fingerprint density at radius 1 is 0.960 bits per heavy atom. The Morgan fingerprint density at radius 2 is 1.72 bits per heavy atom. The number of hydrogen-bond donors (Lipinski definition) is 3. The fraction of sp³-hybridized carbons (Fsp3) is 0.517. The van der Waals surface area contributed by atoms with Crippen molar-refractivity contribution in [2.45, 2.75) is 135 Å². The number of aromatic hydroxyl groups is 1. The third kappa shape index (κ3) is 11.4. The van der Waals surface area contributed by atoms with E-state index in [1.807, 2.05) is 63.4 Å². The molecule has 0 saturated carbocycles. The number of esters is 1. The number of likely N-dealkylation sites (tertiary alicyclic amines) is 1. The van der Waals surface area contributed by atoms with Crippen LogP contribution in [0.5, 0.6) is 5.75 Å². The molecule has 75 heavy (non-hydrogen) atoms. The number of rotatable bonds is 11. The number of methoxy groups -OCH3 is 1. The van der Waals surface area contributed by atoms with Crippen LogP contribution in [0.2, 0.25) is 0 Å². The van der Waals surface area contributed by atoms with E-state index in [0.717, 1.165) is 76.0 Å². The summed E-state index contributed by atoms with van der Waals surface area (Å²) in [6.07, 6.45) is 5.26. The standard InChI is InChI=1S/C60H77N7O8/c1-10-66-51-19-18-41-31-46(51)48(54(66)47-32-43(34-61-52(47)37(4)73-9)39-20-24-64(7)25-21-39)33-60(5,6)35-75-59(72)49-17-14-23-67(63-49)57(70)50(29-38-27-42(41)30-44(68)28-38)62-56(69)53(36(2)3)65(8)58(71)55-45(22-26-74-55)40-15-12-11-13-16-40/h11-13,15-16,18-19,27-28,30-32,34,36-37,39,45,49-50,53,55,63,68H,10,14,17,20-26,29,33,35H2,1-9H3,(H,62,69)/t37-,45+,49-,50-,53-,55+/m0/s1. The van der Waals surface area contributed by atoms with Crippen molar-refractivity contribution in [1.82, 2.24) is 35.1 Å². The number of aromatic nitrogens is 2. The van der Waals surface area contributed by atoms with E-state index < -0.39 is 47.4 Å². The molecule has 5 aromatic rings. The summed E-state index contributed by atoms with van der Waals surface area (Å²) in [6, 6.07) is 20.9. The van der Waals surface area contributed by atoms with Gasteiger partial charge < -0.3 is 39.0 Å². The van der Waals surface area contributed by atoms with Crippen LogP contribution in [0.4, 0.5) is 0 Å². The smallest absolute Gasteiger partial charge is 0.324 e. The van der Waals surface area contributed by atoms with E-state index in [1.165, 1.54) is 15.5 Å². The number of cyclic esters (lactones) is 1. The predicted octanol–water partition coefficient (Wildman–Crippen LogP) is 8.32. The maximum Gasteiger partial charge on any atom is 0.324 e. The van der Waals surface area contributed by atoms with Gasteiger partial charge in [0.1, 0.15) is 30.0 Å². The van der Waals surface area contributed by atoms with Gasteiger partial charge in [-0.15, -0.1) is 0 Å². The largest absolute Gasteiger partial charge is 0.508 e. The number of phenolic OH excluding ortho intramolecular Hbond substituents is 1. The predicted molar refractivity (Wildman–Crippen MR) is 290 cm³/mol. The molecule has 3 N–H and O–H groups in total. The number of carbonyl (C=O) groups is 4. The molecule has 4 aliphatic heterocycles. The highest BCUT2D eigenvalue weighted by molar-refractivity contribution is 5.96. The summed E-state index contributed by atoms with van der Waals surface area (Å²) in [5, 5.41) is 17.0. The molecule has 0 unspecified atom stereocenters. The van der Waals surface area contributed by atoms with Gasteiger partial charge in [-0.05, 0) is 148 Å². The van der Waals surface area contributed by atoms with Crippen LogP contribution in [0.1, 0.15) is 120 Å². The lowest BCUT2D eigenvalue weighted by Crippen LogP contribution is -2.62. The topological polar surface area (TPSA) is 168 Å². The Morgan fingerprint density at radius 3 is 2.44 bits per heavy atom. The van der Waals surface area contributed by atoms with Crippen molar-refractivity contribution in [3.05, 3.63) is 107 Å². The minimum absolute atomic E-state index is 0.00266. The summed E-state index contributed by atoms with van der Waals surface area (Å²) in [5.74, 6) is -1.87. The van der Waals surface area contributed by atoms with Crippen molar-refractivity contribution >= 4 is 34.6 Å². The van der Waals surface area contributed by atoms with Crippen molar-refractivity contribution in [3.8, 4) is 28.1 Å². The minimum Gasteiger partial charge on any atom is -0.508 e. The van der Waals surface area contributed by atoms with Crippen LogP contribution >= 0.6 is 0 Å². The number of hydrogen-bond acceptors (Lipinski definition) is 11. The van der Waals surface area contributed by atoms with Crippen molar-refractivity contribution in [3.63, 3.8) is 0 Å². The Kier molecular flexibility index (Phi) is 16.2. The summed E-state index contributed by atoms with van der Waals surface area (Å²) < 4.78 is 20.7. The molecule has 3 amide bonds. The molecule has 0 spiro atoms. The third-order valence-corrected chi connectivity index (χ3v) is 16.2. The first-order chi connectivity index (χ1) is 35.9. The first kappa shape index (κ1) is 53.7. The molecule has 4 aliphatic rings. The number of hydrazine groups is 1. The van der Waals surface area contributed by atoms with Crippen molar-refractivity contribution in [2.75, 3.05) is 54.1 Å². The average Bonchev–Trinajstić information content (AvgIpc) is 4.03. The highest BCUT2D eigenvalue weighted by Crippen LogP contribution is 2.44. The van der Waals surface area contributed by atoms with Crippen molar-refractivity contribution in [1.29, 1.82) is 0 Å². The number of nitrogens with one attached hydrogen (secondary N) is 2. The van der Waals surface area contributed by atoms with Gasteiger partial charge in [-0.25, -0.2) is 5.43 Å². The molecule has 9 rings (SSSR count). The van der Waals surface area contributed by atoms with E-state index in [9.17, 15) is 24.3 Å². The first-order valence-corrected chi connectivity index (χ1v) is 27.1. The number of pyridine rings is 1. The van der Waals surface area contributed by atoms with Crippen molar-refractivity contribution < 1.29 is 38.5 Å². The van der Waals surface area contributed by atoms with Crippen LogP contribution in [-0.4, -0.2) is 131 Å². The van der Waals surface area contributed by atoms with Gasteiger partial charge in [0, 0.05) is 74.3 Å². The monoisotopic (exact) mass is 1020 g/mol. The zero-order valence-electron chi connectivity index (χ0n) is 45.4. The summed E-state index contributed by atoms with van der Waals surface area (Å²) >= 11 is 0. The van der Waals surface area contributed by atoms with Crippen molar-refractivity contribution in [2.24, 2.45) is 11.3 Å². The van der Waals surface area contributed by atoms with Gasteiger partial charge in [-0.3, -0.25) is 29.2 Å². The normalized spacial score (nSPS) is 22.7.